The van der Waals surface area contributed by atoms with Crippen molar-refractivity contribution in [2.75, 3.05) is 26.2 Å². The van der Waals surface area contributed by atoms with Crippen LogP contribution in [0.25, 0.3) is 0 Å². The molecule has 9 heteroatoms. The Balaban J connectivity index is 2.06. The van der Waals surface area contributed by atoms with E-state index in [9.17, 15) is 14.4 Å². The lowest BCUT2D eigenvalue weighted by Crippen LogP contribution is -2.62. The zero-order chi connectivity index (χ0) is 21.4. The highest BCUT2D eigenvalue weighted by Gasteiger charge is 2.39. The van der Waals surface area contributed by atoms with Crippen LogP contribution in [-0.2, 0) is 25.7 Å². The maximum atomic E-state index is 12.6. The van der Waals surface area contributed by atoms with Crippen LogP contribution in [0.4, 0.5) is 9.59 Å². The Labute approximate surface area is 170 Å². The average molecular weight is 407 g/mol. The summed E-state index contributed by atoms with van der Waals surface area (Å²) in [5.41, 5.74) is 2.48. The Hall–Kier alpha value is -2.81. The van der Waals surface area contributed by atoms with Crippen molar-refractivity contribution in [2.45, 2.75) is 45.9 Å². The molecule has 0 spiro atoms. The standard InChI is InChI=1S/C20H29N3O6/c1-5-28-21-17(24)16-13-22(18(25)29-20(2,3)4)11-12-23(16)19(26)27-14-15-9-7-6-8-10-15/h6-10,16H,5,11-14H2,1-4H3,(H,21,24). The molecule has 1 aliphatic heterocycles. The molecule has 0 saturated carbocycles. The van der Waals surface area contributed by atoms with Gasteiger partial charge in [0.05, 0.1) is 13.2 Å². The van der Waals surface area contributed by atoms with E-state index in [0.717, 1.165) is 5.56 Å². The van der Waals surface area contributed by atoms with Gasteiger partial charge in [-0.15, -0.1) is 0 Å². The van der Waals surface area contributed by atoms with Gasteiger partial charge in [-0.3, -0.25) is 14.5 Å². The SMILES string of the molecule is CCONC(=O)C1CN(C(=O)OC(C)(C)C)CCN1C(=O)OCc1ccccc1. The Morgan fingerprint density at radius 2 is 1.79 bits per heavy atom. The van der Waals surface area contributed by atoms with E-state index in [-0.39, 0.29) is 32.8 Å². The number of benzene rings is 1. The highest BCUT2D eigenvalue weighted by molar-refractivity contribution is 5.86. The van der Waals surface area contributed by atoms with Gasteiger partial charge in [0.25, 0.3) is 5.91 Å². The van der Waals surface area contributed by atoms with Crippen LogP contribution in [-0.4, -0.2) is 65.8 Å². The van der Waals surface area contributed by atoms with Gasteiger partial charge in [0.2, 0.25) is 0 Å². The van der Waals surface area contributed by atoms with E-state index in [1.54, 1.807) is 27.7 Å². The fourth-order valence-electron chi connectivity index (χ4n) is 2.73. The van der Waals surface area contributed by atoms with Gasteiger partial charge in [-0.05, 0) is 33.3 Å². The summed E-state index contributed by atoms with van der Waals surface area (Å²) < 4.78 is 10.7. The summed E-state index contributed by atoms with van der Waals surface area (Å²) in [5, 5.41) is 0. The number of carbonyl (C=O) groups is 3. The molecular weight excluding hydrogens is 378 g/mol. The van der Waals surface area contributed by atoms with Gasteiger partial charge in [0.1, 0.15) is 18.2 Å². The van der Waals surface area contributed by atoms with Crippen molar-refractivity contribution in [2.24, 2.45) is 0 Å². The molecule has 1 saturated heterocycles. The van der Waals surface area contributed by atoms with Gasteiger partial charge in [-0.2, -0.15) is 0 Å². The van der Waals surface area contributed by atoms with E-state index in [4.69, 9.17) is 14.3 Å². The van der Waals surface area contributed by atoms with Crippen molar-refractivity contribution in [3.8, 4) is 0 Å². The van der Waals surface area contributed by atoms with Crippen LogP contribution in [0.5, 0.6) is 0 Å². The predicted octanol–water partition coefficient (Wildman–Crippen LogP) is 2.31. The van der Waals surface area contributed by atoms with Crippen LogP contribution >= 0.6 is 0 Å². The van der Waals surface area contributed by atoms with Crippen LogP contribution in [0.2, 0.25) is 0 Å². The van der Waals surface area contributed by atoms with Crippen molar-refractivity contribution in [3.05, 3.63) is 35.9 Å². The molecule has 1 heterocycles. The summed E-state index contributed by atoms with van der Waals surface area (Å²) in [7, 11) is 0. The molecule has 29 heavy (non-hydrogen) atoms. The Morgan fingerprint density at radius 3 is 2.41 bits per heavy atom. The molecular formula is C20H29N3O6. The first-order valence-electron chi connectivity index (χ1n) is 9.58. The molecule has 1 aromatic rings. The first-order chi connectivity index (χ1) is 13.7. The normalized spacial score (nSPS) is 16.9. The zero-order valence-corrected chi connectivity index (χ0v) is 17.3. The molecule has 1 N–H and O–H groups in total. The van der Waals surface area contributed by atoms with Crippen LogP contribution in [0, 0.1) is 0 Å². The van der Waals surface area contributed by atoms with Gasteiger partial charge in [-0.1, -0.05) is 30.3 Å². The van der Waals surface area contributed by atoms with Crippen molar-refractivity contribution in [1.29, 1.82) is 0 Å². The Morgan fingerprint density at radius 1 is 1.10 bits per heavy atom. The second-order valence-corrected chi connectivity index (χ2v) is 7.58. The van der Waals surface area contributed by atoms with Gasteiger partial charge in [0.15, 0.2) is 0 Å². The fraction of sp³-hybridized carbons (Fsp3) is 0.550. The lowest BCUT2D eigenvalue weighted by atomic mass is 10.1. The summed E-state index contributed by atoms with van der Waals surface area (Å²) in [6.07, 6.45) is -1.17. The largest absolute Gasteiger partial charge is 0.445 e. The highest BCUT2D eigenvalue weighted by atomic mass is 16.6. The molecule has 1 unspecified atom stereocenters. The summed E-state index contributed by atoms with van der Waals surface area (Å²) in [6, 6.07) is 8.29. The maximum Gasteiger partial charge on any atom is 0.410 e. The number of hydrogen-bond acceptors (Lipinski definition) is 6. The number of nitrogens with one attached hydrogen (secondary N) is 1. The molecule has 1 atom stereocenters. The van der Waals surface area contributed by atoms with E-state index in [1.165, 1.54) is 9.80 Å². The number of carbonyl (C=O) groups excluding carboxylic acids is 3. The summed E-state index contributed by atoms with van der Waals surface area (Å²) in [6.45, 7) is 7.72. The average Bonchev–Trinajstić information content (AvgIpc) is 2.69. The number of ether oxygens (including phenoxy) is 2. The maximum absolute atomic E-state index is 12.6. The van der Waals surface area contributed by atoms with Gasteiger partial charge >= 0.3 is 12.2 Å². The Kier molecular flexibility index (Phi) is 7.83. The third-order valence-electron chi connectivity index (χ3n) is 4.09. The van der Waals surface area contributed by atoms with Crippen molar-refractivity contribution >= 4 is 18.1 Å². The number of rotatable bonds is 5. The highest BCUT2D eigenvalue weighted by Crippen LogP contribution is 2.17. The first kappa shape index (κ1) is 22.5. The molecule has 0 radical (unpaired) electrons. The smallest absolute Gasteiger partial charge is 0.410 e. The van der Waals surface area contributed by atoms with Crippen molar-refractivity contribution in [3.63, 3.8) is 0 Å². The molecule has 3 amide bonds. The minimum atomic E-state index is -0.953. The minimum absolute atomic E-state index is 0.0196. The minimum Gasteiger partial charge on any atom is -0.445 e. The van der Waals surface area contributed by atoms with E-state index >= 15 is 0 Å². The zero-order valence-electron chi connectivity index (χ0n) is 17.3. The predicted molar refractivity (Wildman–Crippen MR) is 105 cm³/mol. The van der Waals surface area contributed by atoms with Crippen LogP contribution in [0.1, 0.15) is 33.3 Å². The third kappa shape index (κ3) is 6.94. The summed E-state index contributed by atoms with van der Waals surface area (Å²) in [5.74, 6) is -0.531. The first-order valence-corrected chi connectivity index (χ1v) is 9.58. The second kappa shape index (κ2) is 10.1. The molecule has 0 aromatic heterocycles. The molecule has 160 valence electrons. The molecule has 2 rings (SSSR count). The summed E-state index contributed by atoms with van der Waals surface area (Å²) in [4.78, 5) is 45.2. The van der Waals surface area contributed by atoms with E-state index < -0.39 is 29.7 Å². The number of hydrogen-bond donors (Lipinski definition) is 1. The molecule has 0 bridgehead atoms. The third-order valence-corrected chi connectivity index (χ3v) is 4.09. The second-order valence-electron chi connectivity index (χ2n) is 7.58. The lowest BCUT2D eigenvalue weighted by molar-refractivity contribution is -0.140. The van der Waals surface area contributed by atoms with E-state index in [1.807, 2.05) is 30.3 Å². The van der Waals surface area contributed by atoms with Gasteiger partial charge < -0.3 is 14.4 Å². The number of amides is 3. The number of piperazine rings is 1. The molecule has 1 fully saturated rings. The Bertz CT molecular complexity index is 704. The molecule has 0 aliphatic carbocycles. The van der Waals surface area contributed by atoms with E-state index in [2.05, 4.69) is 5.48 Å². The number of nitrogens with zero attached hydrogens (tertiary/aromatic N) is 2. The number of hydroxylamine groups is 1. The van der Waals surface area contributed by atoms with Crippen LogP contribution in [0.15, 0.2) is 30.3 Å². The van der Waals surface area contributed by atoms with Gasteiger partial charge in [0, 0.05) is 13.1 Å². The lowest BCUT2D eigenvalue weighted by Gasteiger charge is -2.39. The topological polar surface area (TPSA) is 97.4 Å². The summed E-state index contributed by atoms with van der Waals surface area (Å²) >= 11 is 0. The van der Waals surface area contributed by atoms with E-state index in [0.29, 0.717) is 0 Å². The van der Waals surface area contributed by atoms with Crippen LogP contribution in [0.3, 0.4) is 0 Å². The fourth-order valence-corrected chi connectivity index (χ4v) is 2.73. The molecule has 1 aliphatic rings. The van der Waals surface area contributed by atoms with Crippen molar-refractivity contribution < 1.29 is 28.7 Å². The van der Waals surface area contributed by atoms with Crippen molar-refractivity contribution in [1.82, 2.24) is 15.3 Å². The molecule has 9 nitrogen and oxygen atoms in total. The quantitative estimate of drug-likeness (QED) is 0.753. The van der Waals surface area contributed by atoms with Crippen LogP contribution < -0.4 is 5.48 Å². The monoisotopic (exact) mass is 407 g/mol. The molecule has 1 aromatic carbocycles. The van der Waals surface area contributed by atoms with Gasteiger partial charge in [-0.25, -0.2) is 15.1 Å².